The van der Waals surface area contributed by atoms with Crippen molar-refractivity contribution in [3.8, 4) is 0 Å². The largest absolute Gasteiger partial charge is 0.393 e. The molecule has 2 rings (SSSR count). The van der Waals surface area contributed by atoms with Crippen LogP contribution in [-0.2, 0) is 10.5 Å². The second-order valence-electron chi connectivity index (χ2n) is 8.15. The fourth-order valence-electron chi connectivity index (χ4n) is 1.98. The molecule has 0 radical (unpaired) electrons. The molecule has 2 aromatic carbocycles. The molecule has 4 heteroatoms. The quantitative estimate of drug-likeness (QED) is 0.480. The average Bonchev–Trinajstić information content (AvgIpc) is 2.62. The van der Waals surface area contributed by atoms with Gasteiger partial charge in [-0.2, -0.15) is 0 Å². The summed E-state index contributed by atoms with van der Waals surface area (Å²) in [6.45, 7) is 16.6. The molecule has 28 heavy (non-hydrogen) atoms. The number of benzene rings is 2. The highest BCUT2D eigenvalue weighted by molar-refractivity contribution is 5.61. The van der Waals surface area contributed by atoms with E-state index in [4.69, 9.17) is 10.4 Å². The van der Waals surface area contributed by atoms with Gasteiger partial charge in [0.15, 0.2) is 0 Å². The van der Waals surface area contributed by atoms with Gasteiger partial charge in [0.1, 0.15) is 5.60 Å². The van der Waals surface area contributed by atoms with Gasteiger partial charge in [-0.25, -0.2) is 4.89 Å². The fourth-order valence-corrected chi connectivity index (χ4v) is 1.98. The van der Waals surface area contributed by atoms with Gasteiger partial charge in [-0.05, 0) is 59.6 Å². The Morgan fingerprint density at radius 3 is 1.75 bits per heavy atom. The number of aliphatic hydroxyl groups excluding tert-OH is 1. The minimum Gasteiger partial charge on any atom is -0.393 e. The van der Waals surface area contributed by atoms with Gasteiger partial charge >= 0.3 is 0 Å². The highest BCUT2D eigenvalue weighted by Crippen LogP contribution is 2.20. The number of hydrogen-bond donors (Lipinski definition) is 3. The van der Waals surface area contributed by atoms with E-state index in [0.717, 1.165) is 16.7 Å². The van der Waals surface area contributed by atoms with Crippen LogP contribution in [0.15, 0.2) is 55.1 Å². The lowest BCUT2D eigenvalue weighted by molar-refractivity contribution is -0.306. The first-order valence-electron chi connectivity index (χ1n) is 9.28. The average molecular weight is 389 g/mol. The first-order chi connectivity index (χ1) is 12.8. The smallest absolute Gasteiger partial charge is 0.110 e. The summed E-state index contributed by atoms with van der Waals surface area (Å²) >= 11 is 0. The van der Waals surface area contributed by atoms with Gasteiger partial charge in [-0.1, -0.05) is 71.8 Å². The Balaban J connectivity index is 0.000000414. The predicted octanol–water partition coefficient (Wildman–Crippen LogP) is 5.50. The molecule has 0 amide bonds. The summed E-state index contributed by atoms with van der Waals surface area (Å²) in [5.74, 6) is 0. The molecule has 0 saturated heterocycles. The Morgan fingerprint density at radius 1 is 0.964 bits per heavy atom. The van der Waals surface area contributed by atoms with Crippen LogP contribution in [-0.4, -0.2) is 27.7 Å². The third-order valence-electron chi connectivity index (χ3n) is 3.73. The van der Waals surface area contributed by atoms with Gasteiger partial charge in [-0.3, -0.25) is 5.26 Å². The van der Waals surface area contributed by atoms with E-state index in [1.54, 1.807) is 27.7 Å². The Kier molecular flexibility index (Phi) is 10.9. The van der Waals surface area contributed by atoms with Crippen LogP contribution in [0.1, 0.15) is 56.9 Å². The summed E-state index contributed by atoms with van der Waals surface area (Å²) in [5.41, 5.74) is 3.97. The van der Waals surface area contributed by atoms with Crippen molar-refractivity contribution in [2.24, 2.45) is 0 Å². The Labute approximate surface area is 170 Å². The second kappa shape index (κ2) is 11.8. The van der Waals surface area contributed by atoms with E-state index in [9.17, 15) is 5.11 Å². The topological polar surface area (TPSA) is 69.9 Å². The van der Waals surface area contributed by atoms with Gasteiger partial charge in [-0.15, -0.1) is 0 Å². The zero-order valence-electron chi connectivity index (χ0n) is 18.3. The normalized spacial score (nSPS) is 12.6. The van der Waals surface area contributed by atoms with Crippen molar-refractivity contribution in [2.75, 3.05) is 6.61 Å². The fraction of sp³-hybridized carbons (Fsp3) is 0.417. The molecule has 0 heterocycles. The van der Waals surface area contributed by atoms with Crippen molar-refractivity contribution in [1.82, 2.24) is 0 Å². The summed E-state index contributed by atoms with van der Waals surface area (Å²) in [5, 5.41) is 26.5. The Bertz CT molecular complexity index is 727. The molecular formula is C24H36O4. The lowest BCUT2D eigenvalue weighted by atomic mass is 9.96. The molecule has 156 valence electrons. The minimum absolute atomic E-state index is 0.254. The monoisotopic (exact) mass is 388 g/mol. The maximum Gasteiger partial charge on any atom is 0.110 e. The molecule has 1 atom stereocenters. The van der Waals surface area contributed by atoms with Crippen LogP contribution in [0.5, 0.6) is 0 Å². The summed E-state index contributed by atoms with van der Waals surface area (Å²) in [6.07, 6.45) is 0. The molecule has 0 saturated carbocycles. The molecule has 4 nitrogen and oxygen atoms in total. The zero-order chi connectivity index (χ0) is 22.0. The Hall–Kier alpha value is -1.98. The lowest BCUT2D eigenvalue weighted by Crippen LogP contribution is -2.25. The van der Waals surface area contributed by atoms with Gasteiger partial charge in [0.05, 0.1) is 12.2 Å². The number of rotatable bonds is 3. The highest BCUT2D eigenvalue weighted by Gasteiger charge is 2.21. The van der Waals surface area contributed by atoms with Crippen LogP contribution < -0.4 is 0 Å². The van der Waals surface area contributed by atoms with Gasteiger partial charge in [0.25, 0.3) is 0 Å². The summed E-state index contributed by atoms with van der Waals surface area (Å²) in [6, 6.07) is 15.9. The Morgan fingerprint density at radius 2 is 1.43 bits per heavy atom. The van der Waals surface area contributed by atoms with Crippen LogP contribution >= 0.6 is 0 Å². The van der Waals surface area contributed by atoms with Crippen molar-refractivity contribution in [3.05, 3.63) is 77.4 Å². The van der Waals surface area contributed by atoms with E-state index in [1.165, 1.54) is 11.1 Å². The van der Waals surface area contributed by atoms with Crippen LogP contribution in [0.4, 0.5) is 0 Å². The molecule has 3 N–H and O–H groups in total. The van der Waals surface area contributed by atoms with Gasteiger partial charge in [0.2, 0.25) is 0 Å². The molecular weight excluding hydrogens is 352 g/mol. The van der Waals surface area contributed by atoms with E-state index in [0.29, 0.717) is 0 Å². The van der Waals surface area contributed by atoms with Crippen LogP contribution in [0.2, 0.25) is 0 Å². The first-order valence-corrected chi connectivity index (χ1v) is 9.28. The molecule has 0 aromatic heterocycles. The summed E-state index contributed by atoms with van der Waals surface area (Å²) in [7, 11) is 0. The SMILES string of the molecule is C=C(C)c1cccc(C)c1.CC(C)(C)OO.Cc1cccc([C@@](C)(O)CO)c1. The molecule has 0 aliphatic heterocycles. The molecule has 0 bridgehead atoms. The van der Waals surface area contributed by atoms with E-state index in [1.807, 2.05) is 38.1 Å². The second-order valence-corrected chi connectivity index (χ2v) is 8.15. The zero-order valence-corrected chi connectivity index (χ0v) is 18.3. The maximum atomic E-state index is 9.67. The molecule has 0 aliphatic rings. The van der Waals surface area contributed by atoms with Crippen LogP contribution in [0.25, 0.3) is 5.57 Å². The number of allylic oxidation sites excluding steroid dienone is 1. The predicted molar refractivity (Wildman–Crippen MR) is 117 cm³/mol. The van der Waals surface area contributed by atoms with Gasteiger partial charge in [0, 0.05) is 0 Å². The number of hydrogen-bond acceptors (Lipinski definition) is 4. The van der Waals surface area contributed by atoms with E-state index < -0.39 is 11.2 Å². The number of aryl methyl sites for hydroxylation is 2. The first kappa shape index (κ1) is 26.0. The summed E-state index contributed by atoms with van der Waals surface area (Å²) < 4.78 is 0. The van der Waals surface area contributed by atoms with Crippen LogP contribution in [0, 0.1) is 13.8 Å². The van der Waals surface area contributed by atoms with E-state index >= 15 is 0 Å². The number of aliphatic hydroxyl groups is 2. The minimum atomic E-state index is -1.12. The third-order valence-corrected chi connectivity index (χ3v) is 3.73. The third kappa shape index (κ3) is 11.0. The van der Waals surface area contributed by atoms with Crippen molar-refractivity contribution in [3.63, 3.8) is 0 Å². The molecule has 0 spiro atoms. The van der Waals surface area contributed by atoms with Crippen molar-refractivity contribution >= 4 is 5.57 Å². The molecule has 0 aliphatic carbocycles. The highest BCUT2D eigenvalue weighted by atomic mass is 17.1. The standard InChI is InChI=1S/C10H14O2.C10H12.C4H10O2/c1-8-4-3-5-9(6-8)10(2,12)7-11;1-8(2)10-6-4-5-9(3)7-10;1-4(2,3)6-5/h3-6,11-12H,7H2,1-2H3;4-7H,1H2,2-3H3;5H,1-3H3/t10-;;/m0../s1. The molecule has 2 aromatic rings. The van der Waals surface area contributed by atoms with Crippen molar-refractivity contribution < 1.29 is 20.4 Å². The lowest BCUT2D eigenvalue weighted by Gasteiger charge is -2.20. The van der Waals surface area contributed by atoms with Crippen molar-refractivity contribution in [2.45, 2.75) is 59.7 Å². The van der Waals surface area contributed by atoms with Crippen molar-refractivity contribution in [1.29, 1.82) is 0 Å². The summed E-state index contributed by atoms with van der Waals surface area (Å²) in [4.78, 5) is 3.94. The van der Waals surface area contributed by atoms with Gasteiger partial charge < -0.3 is 10.2 Å². The molecule has 0 unspecified atom stereocenters. The van der Waals surface area contributed by atoms with E-state index in [2.05, 4.69) is 42.7 Å². The van der Waals surface area contributed by atoms with E-state index in [-0.39, 0.29) is 6.61 Å². The maximum absolute atomic E-state index is 9.67. The molecule has 0 fully saturated rings. The van der Waals surface area contributed by atoms with Crippen LogP contribution in [0.3, 0.4) is 0 Å².